The largest absolute Gasteiger partial charge is 0.378 e. The minimum absolute atomic E-state index is 0.114. The molecule has 0 aliphatic heterocycles. The van der Waals surface area contributed by atoms with Gasteiger partial charge in [0.1, 0.15) is 0 Å². The lowest BCUT2D eigenvalue weighted by molar-refractivity contribution is 0.885. The molecule has 0 radical (unpaired) electrons. The lowest BCUT2D eigenvalue weighted by Crippen LogP contribution is -2.06. The first-order valence-electron chi connectivity index (χ1n) is 5.43. The summed E-state index contributed by atoms with van der Waals surface area (Å²) in [6.45, 7) is 2.06. The summed E-state index contributed by atoms with van der Waals surface area (Å²) in [6, 6.07) is 15.6. The smallest absolute Gasteiger partial charge is 0.0500 e. The van der Waals surface area contributed by atoms with Gasteiger partial charge in [-0.05, 0) is 42.8 Å². The maximum absolute atomic E-state index is 6.16. The minimum Gasteiger partial charge on any atom is -0.378 e. The van der Waals surface area contributed by atoms with Crippen molar-refractivity contribution in [3.63, 3.8) is 0 Å². The van der Waals surface area contributed by atoms with Crippen LogP contribution in [0.15, 0.2) is 48.5 Å². The third-order valence-corrected chi connectivity index (χ3v) is 3.16. The fourth-order valence-corrected chi connectivity index (χ4v) is 2.17. The van der Waals surface area contributed by atoms with Gasteiger partial charge < -0.3 is 5.32 Å². The summed E-state index contributed by atoms with van der Waals surface area (Å²) in [7, 11) is 0. The molecule has 0 saturated carbocycles. The molecule has 1 atom stereocenters. The highest BCUT2D eigenvalue weighted by molar-refractivity contribution is 6.33. The van der Waals surface area contributed by atoms with Gasteiger partial charge in [-0.25, -0.2) is 0 Å². The zero-order valence-electron chi connectivity index (χ0n) is 9.45. The monoisotopic (exact) mass is 265 g/mol. The third-order valence-electron chi connectivity index (χ3n) is 2.58. The normalized spacial score (nSPS) is 12.2. The van der Waals surface area contributed by atoms with E-state index >= 15 is 0 Å². The summed E-state index contributed by atoms with van der Waals surface area (Å²) in [5.41, 5.74) is 2.07. The number of halogens is 2. The van der Waals surface area contributed by atoms with Crippen LogP contribution in [-0.4, -0.2) is 0 Å². The molecule has 0 fully saturated rings. The molecule has 0 aromatic heterocycles. The van der Waals surface area contributed by atoms with Crippen molar-refractivity contribution in [3.05, 3.63) is 64.1 Å². The molecule has 3 heteroatoms. The second kappa shape index (κ2) is 5.44. The summed E-state index contributed by atoms with van der Waals surface area (Å²) < 4.78 is 0. The fourth-order valence-electron chi connectivity index (χ4n) is 1.71. The van der Waals surface area contributed by atoms with E-state index < -0.39 is 0 Å². The van der Waals surface area contributed by atoms with E-state index in [1.54, 1.807) is 6.07 Å². The molecule has 2 aromatic carbocycles. The van der Waals surface area contributed by atoms with E-state index in [1.165, 1.54) is 0 Å². The number of benzene rings is 2. The van der Waals surface area contributed by atoms with Gasteiger partial charge in [-0.3, -0.25) is 0 Å². The van der Waals surface area contributed by atoms with E-state index in [9.17, 15) is 0 Å². The highest BCUT2D eigenvalue weighted by atomic mass is 35.5. The molecule has 2 aromatic rings. The van der Waals surface area contributed by atoms with Gasteiger partial charge in [-0.2, -0.15) is 0 Å². The van der Waals surface area contributed by atoms with Crippen LogP contribution in [0.4, 0.5) is 5.69 Å². The van der Waals surface area contributed by atoms with Gasteiger partial charge in [0.05, 0.1) is 6.04 Å². The molecular weight excluding hydrogens is 253 g/mol. The van der Waals surface area contributed by atoms with Gasteiger partial charge >= 0.3 is 0 Å². The van der Waals surface area contributed by atoms with Crippen molar-refractivity contribution in [3.8, 4) is 0 Å². The lowest BCUT2D eigenvalue weighted by atomic mass is 10.1. The number of rotatable bonds is 3. The number of nitrogens with one attached hydrogen (secondary N) is 1. The van der Waals surface area contributed by atoms with Crippen molar-refractivity contribution in [1.82, 2.24) is 0 Å². The number of hydrogen-bond acceptors (Lipinski definition) is 1. The Kier molecular flexibility index (Phi) is 3.93. The van der Waals surface area contributed by atoms with E-state index in [0.717, 1.165) is 16.3 Å². The molecule has 1 nitrogen and oxygen atoms in total. The molecule has 17 heavy (non-hydrogen) atoms. The van der Waals surface area contributed by atoms with Crippen LogP contribution >= 0.6 is 23.2 Å². The molecule has 2 rings (SSSR count). The van der Waals surface area contributed by atoms with Crippen LogP contribution < -0.4 is 5.32 Å². The molecule has 0 aliphatic carbocycles. The predicted molar refractivity (Wildman–Crippen MR) is 74.9 cm³/mol. The van der Waals surface area contributed by atoms with Gasteiger partial charge in [-0.1, -0.05) is 41.4 Å². The highest BCUT2D eigenvalue weighted by Gasteiger charge is 2.09. The summed E-state index contributed by atoms with van der Waals surface area (Å²) in [6.07, 6.45) is 0. The maximum atomic E-state index is 6.16. The SMILES string of the molecule is CC(Nc1ccccc1)c1cc(Cl)ccc1Cl. The summed E-state index contributed by atoms with van der Waals surface area (Å²) in [4.78, 5) is 0. The van der Waals surface area contributed by atoms with Gasteiger partial charge in [0.15, 0.2) is 0 Å². The first-order chi connectivity index (χ1) is 8.16. The van der Waals surface area contributed by atoms with Crippen LogP contribution in [0.3, 0.4) is 0 Å². The summed E-state index contributed by atoms with van der Waals surface area (Å²) in [5.74, 6) is 0. The topological polar surface area (TPSA) is 12.0 Å². The zero-order valence-corrected chi connectivity index (χ0v) is 11.0. The molecule has 0 heterocycles. The first-order valence-corrected chi connectivity index (χ1v) is 6.19. The summed E-state index contributed by atoms with van der Waals surface area (Å²) >= 11 is 12.1. The van der Waals surface area contributed by atoms with Gasteiger partial charge in [0, 0.05) is 15.7 Å². The molecule has 1 unspecified atom stereocenters. The predicted octanol–water partition coefficient (Wildman–Crippen LogP) is 5.17. The van der Waals surface area contributed by atoms with Crippen molar-refractivity contribution < 1.29 is 0 Å². The fraction of sp³-hybridized carbons (Fsp3) is 0.143. The van der Waals surface area contributed by atoms with Crippen LogP contribution in [-0.2, 0) is 0 Å². The standard InChI is InChI=1S/C14H13Cl2N/c1-10(17-12-5-3-2-4-6-12)13-9-11(15)7-8-14(13)16/h2-10,17H,1H3. The van der Waals surface area contributed by atoms with Crippen LogP contribution in [0.5, 0.6) is 0 Å². The van der Waals surface area contributed by atoms with Crippen LogP contribution in [0.25, 0.3) is 0 Å². The Hall–Kier alpha value is -1.18. The Bertz CT molecular complexity index is 497. The van der Waals surface area contributed by atoms with E-state index in [0.29, 0.717) is 5.02 Å². The van der Waals surface area contributed by atoms with Crippen molar-refractivity contribution in [2.45, 2.75) is 13.0 Å². The Balaban J connectivity index is 2.20. The molecular formula is C14H13Cl2N. The Morgan fingerprint density at radius 3 is 2.41 bits per heavy atom. The van der Waals surface area contributed by atoms with Crippen LogP contribution in [0.1, 0.15) is 18.5 Å². The quantitative estimate of drug-likeness (QED) is 0.808. The minimum atomic E-state index is 0.114. The van der Waals surface area contributed by atoms with Crippen LogP contribution in [0.2, 0.25) is 10.0 Å². The average Bonchev–Trinajstić information content (AvgIpc) is 2.33. The van der Waals surface area contributed by atoms with Gasteiger partial charge in [0.2, 0.25) is 0 Å². The molecule has 0 bridgehead atoms. The van der Waals surface area contributed by atoms with Gasteiger partial charge in [0.25, 0.3) is 0 Å². The van der Waals surface area contributed by atoms with Crippen molar-refractivity contribution in [1.29, 1.82) is 0 Å². The second-order valence-corrected chi connectivity index (χ2v) is 4.74. The van der Waals surface area contributed by atoms with Gasteiger partial charge in [-0.15, -0.1) is 0 Å². The first kappa shape index (κ1) is 12.3. The summed E-state index contributed by atoms with van der Waals surface area (Å²) in [5, 5.41) is 4.81. The number of anilines is 1. The zero-order chi connectivity index (χ0) is 12.3. The lowest BCUT2D eigenvalue weighted by Gasteiger charge is -2.17. The van der Waals surface area contributed by atoms with Crippen molar-refractivity contribution in [2.24, 2.45) is 0 Å². The highest BCUT2D eigenvalue weighted by Crippen LogP contribution is 2.28. The van der Waals surface area contributed by atoms with E-state index in [-0.39, 0.29) is 6.04 Å². The van der Waals surface area contributed by atoms with Crippen molar-refractivity contribution in [2.75, 3.05) is 5.32 Å². The van der Waals surface area contributed by atoms with E-state index in [1.807, 2.05) is 42.5 Å². The third kappa shape index (κ3) is 3.15. The van der Waals surface area contributed by atoms with E-state index in [4.69, 9.17) is 23.2 Å². The molecule has 0 amide bonds. The number of hydrogen-bond donors (Lipinski definition) is 1. The number of para-hydroxylation sites is 1. The molecule has 0 saturated heterocycles. The molecule has 88 valence electrons. The van der Waals surface area contributed by atoms with E-state index in [2.05, 4.69) is 12.2 Å². The average molecular weight is 266 g/mol. The Morgan fingerprint density at radius 2 is 1.71 bits per heavy atom. The molecule has 1 N–H and O–H groups in total. The molecule has 0 spiro atoms. The Labute approximate surface area is 111 Å². The maximum Gasteiger partial charge on any atom is 0.0500 e. The van der Waals surface area contributed by atoms with Crippen molar-refractivity contribution >= 4 is 28.9 Å². The molecule has 0 aliphatic rings. The Morgan fingerprint density at radius 1 is 1.00 bits per heavy atom. The van der Waals surface area contributed by atoms with Crippen LogP contribution in [0, 0.1) is 0 Å². The second-order valence-electron chi connectivity index (χ2n) is 3.90.